The van der Waals surface area contributed by atoms with Crippen LogP contribution in [-0.4, -0.2) is 23.0 Å². The number of hydrogen-bond acceptors (Lipinski definition) is 4. The van der Waals surface area contributed by atoms with Gasteiger partial charge in [0.25, 0.3) is 0 Å². The van der Waals surface area contributed by atoms with E-state index in [1.54, 1.807) is 11.3 Å². The molecule has 1 saturated carbocycles. The topological polar surface area (TPSA) is 46.2 Å². The first-order valence-corrected chi connectivity index (χ1v) is 7.67. The quantitative estimate of drug-likeness (QED) is 0.797. The Morgan fingerprint density at radius 3 is 3.19 bits per heavy atom. The van der Waals surface area contributed by atoms with E-state index in [2.05, 4.69) is 17.5 Å². The van der Waals surface area contributed by atoms with Gasteiger partial charge in [-0.25, -0.2) is 0 Å². The fourth-order valence-electron chi connectivity index (χ4n) is 2.46. The number of nitrogens with two attached hydrogens (primary N) is 1. The van der Waals surface area contributed by atoms with Crippen molar-refractivity contribution in [3.05, 3.63) is 17.5 Å². The van der Waals surface area contributed by atoms with Crippen molar-refractivity contribution in [3.63, 3.8) is 0 Å². The van der Waals surface area contributed by atoms with Crippen LogP contribution < -0.4 is 5.73 Å². The maximum Gasteiger partial charge on any atom is 0.0613 e. The van der Waals surface area contributed by atoms with Crippen molar-refractivity contribution < 1.29 is 5.11 Å². The summed E-state index contributed by atoms with van der Waals surface area (Å²) in [4.78, 5) is 0. The van der Waals surface area contributed by atoms with Gasteiger partial charge in [0.2, 0.25) is 0 Å². The van der Waals surface area contributed by atoms with Gasteiger partial charge in [-0.15, -0.1) is 23.1 Å². The van der Waals surface area contributed by atoms with E-state index >= 15 is 0 Å². The van der Waals surface area contributed by atoms with Crippen LogP contribution in [-0.2, 0) is 0 Å². The normalized spacial score (nSPS) is 29.8. The van der Waals surface area contributed by atoms with E-state index in [1.807, 2.05) is 11.8 Å². The van der Waals surface area contributed by atoms with E-state index in [1.165, 1.54) is 17.1 Å². The zero-order valence-electron chi connectivity index (χ0n) is 9.39. The molecule has 2 unspecified atom stereocenters. The molecule has 16 heavy (non-hydrogen) atoms. The van der Waals surface area contributed by atoms with E-state index in [0.717, 1.165) is 18.6 Å². The van der Waals surface area contributed by atoms with E-state index in [-0.39, 0.29) is 12.1 Å². The highest BCUT2D eigenvalue weighted by atomic mass is 32.2. The van der Waals surface area contributed by atoms with Crippen LogP contribution in [0.15, 0.2) is 21.7 Å². The first-order valence-electron chi connectivity index (χ1n) is 5.81. The molecule has 2 nitrogen and oxygen atoms in total. The molecule has 1 aliphatic rings. The number of hydrogen-bond donors (Lipinski definition) is 2. The Kier molecular flexibility index (Phi) is 4.30. The van der Waals surface area contributed by atoms with E-state index in [4.69, 9.17) is 5.73 Å². The highest BCUT2D eigenvalue weighted by Crippen LogP contribution is 2.37. The lowest BCUT2D eigenvalue weighted by Crippen LogP contribution is -2.47. The Labute approximate surface area is 105 Å². The maximum atomic E-state index is 9.35. The first kappa shape index (κ1) is 12.4. The van der Waals surface area contributed by atoms with Crippen LogP contribution in [0.25, 0.3) is 0 Å². The molecule has 1 aliphatic carbocycles. The minimum absolute atomic E-state index is 0.140. The predicted octanol–water partition coefficient (Wildman–Crippen LogP) is 2.72. The molecule has 0 saturated heterocycles. The largest absolute Gasteiger partial charge is 0.394 e. The third kappa shape index (κ3) is 2.80. The van der Waals surface area contributed by atoms with Crippen molar-refractivity contribution in [2.24, 2.45) is 11.7 Å². The smallest absolute Gasteiger partial charge is 0.0613 e. The second-order valence-corrected chi connectivity index (χ2v) is 6.89. The van der Waals surface area contributed by atoms with Crippen LogP contribution in [0.3, 0.4) is 0 Å². The van der Waals surface area contributed by atoms with Gasteiger partial charge in [0.05, 0.1) is 10.8 Å². The lowest BCUT2D eigenvalue weighted by molar-refractivity contribution is 0.158. The van der Waals surface area contributed by atoms with Gasteiger partial charge in [-0.2, -0.15) is 0 Å². The van der Waals surface area contributed by atoms with Gasteiger partial charge in [0.1, 0.15) is 0 Å². The molecule has 1 aromatic rings. The molecule has 0 aliphatic heterocycles. The predicted molar refractivity (Wildman–Crippen MR) is 71.0 cm³/mol. The lowest BCUT2D eigenvalue weighted by atomic mass is 9.87. The number of thiophene rings is 1. The number of aliphatic hydroxyl groups is 1. The number of thioether (sulfide) groups is 1. The Morgan fingerprint density at radius 2 is 2.50 bits per heavy atom. The zero-order chi connectivity index (χ0) is 11.4. The van der Waals surface area contributed by atoms with Crippen LogP contribution in [0.1, 0.15) is 25.7 Å². The van der Waals surface area contributed by atoms with Crippen molar-refractivity contribution in [2.75, 3.05) is 12.4 Å². The van der Waals surface area contributed by atoms with Crippen LogP contribution in [0.2, 0.25) is 0 Å². The summed E-state index contributed by atoms with van der Waals surface area (Å²) in [5.41, 5.74) is 5.91. The fraction of sp³-hybridized carbons (Fsp3) is 0.667. The molecular formula is C12H19NOS2. The van der Waals surface area contributed by atoms with Gasteiger partial charge in [0, 0.05) is 5.54 Å². The molecule has 90 valence electrons. The molecule has 0 bridgehead atoms. The summed E-state index contributed by atoms with van der Waals surface area (Å²) in [7, 11) is 0. The molecule has 4 heteroatoms. The molecule has 2 atom stereocenters. The molecule has 1 fully saturated rings. The summed E-state index contributed by atoms with van der Waals surface area (Å²) in [5.74, 6) is 1.62. The minimum Gasteiger partial charge on any atom is -0.394 e. The summed E-state index contributed by atoms with van der Waals surface area (Å²) in [6.07, 6.45) is 4.46. The highest BCUT2D eigenvalue weighted by Gasteiger charge is 2.38. The number of rotatable bonds is 5. The monoisotopic (exact) mass is 257 g/mol. The van der Waals surface area contributed by atoms with E-state index in [0.29, 0.717) is 5.92 Å². The summed E-state index contributed by atoms with van der Waals surface area (Å²) >= 11 is 3.70. The van der Waals surface area contributed by atoms with Gasteiger partial charge in [-0.1, -0.05) is 12.5 Å². The van der Waals surface area contributed by atoms with Gasteiger partial charge < -0.3 is 10.8 Å². The van der Waals surface area contributed by atoms with Crippen molar-refractivity contribution in [3.8, 4) is 0 Å². The van der Waals surface area contributed by atoms with Crippen LogP contribution in [0.4, 0.5) is 0 Å². The highest BCUT2D eigenvalue weighted by molar-refractivity contribution is 8.01. The second-order valence-electron chi connectivity index (χ2n) is 4.55. The number of aliphatic hydroxyl groups excluding tert-OH is 1. The van der Waals surface area contributed by atoms with E-state index < -0.39 is 0 Å². The first-order chi connectivity index (χ1) is 7.74. The summed E-state index contributed by atoms with van der Waals surface area (Å²) < 4.78 is 1.38. The molecule has 1 heterocycles. The molecule has 0 radical (unpaired) electrons. The minimum atomic E-state index is -0.296. The van der Waals surface area contributed by atoms with Crippen LogP contribution >= 0.6 is 23.1 Å². The van der Waals surface area contributed by atoms with Gasteiger partial charge in [-0.05, 0) is 42.4 Å². The zero-order valence-corrected chi connectivity index (χ0v) is 11.0. The van der Waals surface area contributed by atoms with Crippen LogP contribution in [0, 0.1) is 5.92 Å². The summed E-state index contributed by atoms with van der Waals surface area (Å²) in [6.45, 7) is 0.140. The molecular weight excluding hydrogens is 238 g/mol. The van der Waals surface area contributed by atoms with Crippen molar-refractivity contribution >= 4 is 23.1 Å². The van der Waals surface area contributed by atoms with E-state index in [9.17, 15) is 5.11 Å². The Bertz CT molecular complexity index is 315. The van der Waals surface area contributed by atoms with Crippen molar-refractivity contribution in [1.82, 2.24) is 0 Å². The third-order valence-corrected chi connectivity index (χ3v) is 5.67. The molecule has 0 aromatic carbocycles. The standard InChI is InChI=1S/C12H19NOS2/c13-12(9-14)6-1-3-10(12)5-8-16-11-4-2-7-15-11/h2,4,7,10,14H,1,3,5-6,8-9,13H2. The van der Waals surface area contributed by atoms with Gasteiger partial charge >= 0.3 is 0 Å². The fourth-order valence-corrected chi connectivity index (χ4v) is 4.37. The Morgan fingerprint density at radius 1 is 1.62 bits per heavy atom. The van der Waals surface area contributed by atoms with Crippen LogP contribution in [0.5, 0.6) is 0 Å². The maximum absolute atomic E-state index is 9.35. The summed E-state index contributed by atoms with van der Waals surface area (Å²) in [6, 6.07) is 4.25. The van der Waals surface area contributed by atoms with Gasteiger partial charge in [0.15, 0.2) is 0 Å². The lowest BCUT2D eigenvalue weighted by Gasteiger charge is -2.29. The summed E-state index contributed by atoms with van der Waals surface area (Å²) in [5, 5.41) is 11.5. The Hall–Kier alpha value is -0.0300. The molecule has 2 rings (SSSR count). The molecule has 0 spiro atoms. The molecule has 1 aromatic heterocycles. The average Bonchev–Trinajstić information content (AvgIpc) is 2.90. The Balaban J connectivity index is 1.77. The average molecular weight is 257 g/mol. The SMILES string of the molecule is NC1(CO)CCCC1CCSc1cccs1. The second kappa shape index (κ2) is 5.54. The third-order valence-electron chi connectivity index (χ3n) is 3.51. The van der Waals surface area contributed by atoms with Crippen molar-refractivity contribution in [2.45, 2.75) is 35.4 Å². The van der Waals surface area contributed by atoms with Crippen molar-refractivity contribution in [1.29, 1.82) is 0 Å². The molecule has 0 amide bonds. The van der Waals surface area contributed by atoms with Gasteiger partial charge in [-0.3, -0.25) is 0 Å². The molecule has 3 N–H and O–H groups in total.